The van der Waals surface area contributed by atoms with Gasteiger partial charge >= 0.3 is 5.97 Å². The summed E-state index contributed by atoms with van der Waals surface area (Å²) >= 11 is 0. The molecule has 5 heteroatoms. The first-order valence-corrected chi connectivity index (χ1v) is 6.68. The lowest BCUT2D eigenvalue weighted by Gasteiger charge is -2.41. The van der Waals surface area contributed by atoms with E-state index in [1.165, 1.54) is 0 Å². The summed E-state index contributed by atoms with van der Waals surface area (Å²) in [6, 6.07) is 0.645. The largest absolute Gasteiger partial charge is 0.480 e. The van der Waals surface area contributed by atoms with E-state index in [1.54, 1.807) is 6.92 Å². The van der Waals surface area contributed by atoms with Crippen molar-refractivity contribution in [2.45, 2.75) is 45.3 Å². The minimum atomic E-state index is -0.871. The molecule has 18 heavy (non-hydrogen) atoms. The highest BCUT2D eigenvalue weighted by Gasteiger charge is 2.36. The van der Waals surface area contributed by atoms with Gasteiger partial charge in [-0.05, 0) is 34.7 Å². The molecule has 1 rings (SSSR count). The summed E-state index contributed by atoms with van der Waals surface area (Å²) in [6.07, 6.45) is 0. The molecule has 2 unspecified atom stereocenters. The molecule has 0 bridgehead atoms. The Kier molecular flexibility index (Phi) is 5.13. The molecule has 1 aliphatic rings. The number of carboxylic acids is 1. The number of aliphatic carboxylic acids is 1. The lowest BCUT2D eigenvalue weighted by atomic mass is 9.99. The van der Waals surface area contributed by atoms with Crippen molar-refractivity contribution in [3.05, 3.63) is 0 Å². The van der Waals surface area contributed by atoms with Crippen LogP contribution >= 0.6 is 0 Å². The third kappa shape index (κ3) is 3.93. The number of carboxylic acid groups (broad SMARTS) is 1. The molecule has 0 amide bonds. The van der Waals surface area contributed by atoms with E-state index >= 15 is 0 Å². The molecule has 0 radical (unpaired) electrons. The number of nitrogens with one attached hydrogen (secondary N) is 1. The highest BCUT2D eigenvalue weighted by Crippen LogP contribution is 2.13. The maximum atomic E-state index is 11.5. The van der Waals surface area contributed by atoms with Gasteiger partial charge in [0.15, 0.2) is 0 Å². The Morgan fingerprint density at radius 1 is 1.50 bits per heavy atom. The molecule has 106 valence electrons. The molecule has 0 aromatic carbocycles. The van der Waals surface area contributed by atoms with E-state index in [9.17, 15) is 9.90 Å². The third-order valence-electron chi connectivity index (χ3n) is 3.66. The second-order valence-corrected chi connectivity index (χ2v) is 6.00. The lowest BCUT2D eigenvalue weighted by Crippen LogP contribution is -2.62. The summed E-state index contributed by atoms with van der Waals surface area (Å²) in [5.41, 5.74) is -0.871. The van der Waals surface area contributed by atoms with Gasteiger partial charge in [-0.3, -0.25) is 15.0 Å². The monoisotopic (exact) mass is 257 g/mol. The van der Waals surface area contributed by atoms with Crippen molar-refractivity contribution in [3.63, 3.8) is 0 Å². The highest BCUT2D eigenvalue weighted by atomic mass is 16.4. The number of hydrogen-bond donors (Lipinski definition) is 2. The van der Waals surface area contributed by atoms with E-state index in [0.717, 1.165) is 19.6 Å². The van der Waals surface area contributed by atoms with Crippen LogP contribution in [0.4, 0.5) is 0 Å². The van der Waals surface area contributed by atoms with Gasteiger partial charge in [-0.15, -0.1) is 0 Å². The van der Waals surface area contributed by atoms with Crippen molar-refractivity contribution in [2.75, 3.05) is 33.2 Å². The molecule has 0 saturated carbocycles. The molecule has 0 aromatic heterocycles. The van der Waals surface area contributed by atoms with Gasteiger partial charge in [0.25, 0.3) is 0 Å². The molecule has 2 atom stereocenters. The predicted molar refractivity (Wildman–Crippen MR) is 72.8 cm³/mol. The maximum Gasteiger partial charge on any atom is 0.324 e. The summed E-state index contributed by atoms with van der Waals surface area (Å²) in [7, 11) is 2.12. The predicted octanol–water partition coefficient (Wildman–Crippen LogP) is 0.464. The molecule has 0 aromatic rings. The van der Waals surface area contributed by atoms with Gasteiger partial charge in [-0.25, -0.2) is 0 Å². The van der Waals surface area contributed by atoms with E-state index in [4.69, 9.17) is 0 Å². The number of rotatable bonds is 5. The van der Waals surface area contributed by atoms with Crippen LogP contribution in [0, 0.1) is 0 Å². The van der Waals surface area contributed by atoms with Crippen LogP contribution in [0.1, 0.15) is 27.7 Å². The number of nitrogens with zero attached hydrogens (tertiary/aromatic N) is 2. The maximum absolute atomic E-state index is 11.5. The number of piperazine rings is 1. The van der Waals surface area contributed by atoms with Crippen LogP contribution < -0.4 is 5.32 Å². The van der Waals surface area contributed by atoms with Gasteiger partial charge in [-0.2, -0.15) is 0 Å². The van der Waals surface area contributed by atoms with Gasteiger partial charge < -0.3 is 10.0 Å². The lowest BCUT2D eigenvalue weighted by molar-refractivity contribution is -0.145. The van der Waals surface area contributed by atoms with E-state index in [0.29, 0.717) is 12.6 Å². The van der Waals surface area contributed by atoms with Crippen LogP contribution in [0.5, 0.6) is 0 Å². The first kappa shape index (κ1) is 15.4. The van der Waals surface area contributed by atoms with Crippen LogP contribution in [-0.4, -0.2) is 71.7 Å². The van der Waals surface area contributed by atoms with Crippen LogP contribution in [0.3, 0.4) is 0 Å². The first-order chi connectivity index (χ1) is 8.24. The zero-order chi connectivity index (χ0) is 13.9. The number of hydrogen-bond acceptors (Lipinski definition) is 4. The van der Waals surface area contributed by atoms with Crippen LogP contribution in [0.15, 0.2) is 0 Å². The van der Waals surface area contributed by atoms with Gasteiger partial charge in [-0.1, -0.05) is 0 Å². The molecule has 2 N–H and O–H groups in total. The topological polar surface area (TPSA) is 55.8 Å². The molecule has 1 saturated heterocycles. The SMILES string of the molecule is CC(C)NC(C)(CN1CCN(C)C(C)C1)C(=O)O. The highest BCUT2D eigenvalue weighted by molar-refractivity contribution is 5.78. The van der Waals surface area contributed by atoms with Crippen molar-refractivity contribution in [1.82, 2.24) is 15.1 Å². The van der Waals surface area contributed by atoms with E-state index < -0.39 is 11.5 Å². The minimum Gasteiger partial charge on any atom is -0.480 e. The molecule has 1 fully saturated rings. The van der Waals surface area contributed by atoms with Gasteiger partial charge in [0.2, 0.25) is 0 Å². The van der Waals surface area contributed by atoms with E-state index in [2.05, 4.69) is 29.1 Å². The van der Waals surface area contributed by atoms with Gasteiger partial charge in [0.05, 0.1) is 0 Å². The summed E-state index contributed by atoms with van der Waals surface area (Å²) in [6.45, 7) is 11.3. The summed E-state index contributed by atoms with van der Waals surface area (Å²) < 4.78 is 0. The van der Waals surface area contributed by atoms with Crippen molar-refractivity contribution in [2.24, 2.45) is 0 Å². The van der Waals surface area contributed by atoms with Gasteiger partial charge in [0, 0.05) is 38.3 Å². The Labute approximate surface area is 110 Å². The molecule has 5 nitrogen and oxygen atoms in total. The smallest absolute Gasteiger partial charge is 0.324 e. The van der Waals surface area contributed by atoms with Crippen molar-refractivity contribution < 1.29 is 9.90 Å². The average Bonchev–Trinajstić information content (AvgIpc) is 2.22. The Morgan fingerprint density at radius 2 is 2.11 bits per heavy atom. The van der Waals surface area contributed by atoms with Crippen LogP contribution in [-0.2, 0) is 4.79 Å². The quantitative estimate of drug-likeness (QED) is 0.749. The minimum absolute atomic E-state index is 0.163. The Bertz CT molecular complexity index is 296. The molecule has 0 spiro atoms. The molecular weight excluding hydrogens is 230 g/mol. The third-order valence-corrected chi connectivity index (χ3v) is 3.66. The summed E-state index contributed by atoms with van der Waals surface area (Å²) in [4.78, 5) is 16.0. The second kappa shape index (κ2) is 5.99. The van der Waals surface area contributed by atoms with Crippen LogP contribution in [0.2, 0.25) is 0 Å². The summed E-state index contributed by atoms with van der Waals surface area (Å²) in [5, 5.41) is 12.6. The van der Waals surface area contributed by atoms with Gasteiger partial charge in [0.1, 0.15) is 5.54 Å². The van der Waals surface area contributed by atoms with Crippen molar-refractivity contribution in [3.8, 4) is 0 Å². The standard InChI is InChI=1S/C13H27N3O2/c1-10(2)14-13(4,12(17)18)9-16-7-6-15(5)11(3)8-16/h10-11,14H,6-9H2,1-5H3,(H,17,18). The zero-order valence-electron chi connectivity index (χ0n) is 12.2. The fourth-order valence-corrected chi connectivity index (χ4v) is 2.53. The zero-order valence-corrected chi connectivity index (χ0v) is 12.2. The fraction of sp³-hybridized carbons (Fsp3) is 0.923. The molecule has 1 heterocycles. The van der Waals surface area contributed by atoms with E-state index in [-0.39, 0.29) is 6.04 Å². The van der Waals surface area contributed by atoms with E-state index in [1.807, 2.05) is 13.8 Å². The molecular formula is C13H27N3O2. The summed E-state index contributed by atoms with van der Waals surface area (Å²) in [5.74, 6) is -0.775. The van der Waals surface area contributed by atoms with Crippen molar-refractivity contribution in [1.29, 1.82) is 0 Å². The van der Waals surface area contributed by atoms with Crippen LogP contribution in [0.25, 0.3) is 0 Å². The van der Waals surface area contributed by atoms with Crippen molar-refractivity contribution >= 4 is 5.97 Å². The Balaban J connectivity index is 2.64. The number of likely N-dealkylation sites (N-methyl/N-ethyl adjacent to an activating group) is 1. The Morgan fingerprint density at radius 3 is 2.56 bits per heavy atom. The first-order valence-electron chi connectivity index (χ1n) is 6.68. The second-order valence-electron chi connectivity index (χ2n) is 6.00. The Hall–Kier alpha value is -0.650. The molecule has 0 aliphatic carbocycles. The number of carbonyl (C=O) groups is 1. The molecule has 1 aliphatic heterocycles. The normalized spacial score (nSPS) is 26.2. The fourth-order valence-electron chi connectivity index (χ4n) is 2.53. The average molecular weight is 257 g/mol.